The molecule has 0 rings (SSSR count). The van der Waals surface area contributed by atoms with Crippen molar-refractivity contribution in [2.75, 3.05) is 20.3 Å². The molecule has 0 heterocycles. The van der Waals surface area contributed by atoms with Gasteiger partial charge in [-0.2, -0.15) is 0 Å². The Morgan fingerprint density at radius 1 is 1.50 bits per heavy atom. The summed E-state index contributed by atoms with van der Waals surface area (Å²) < 4.78 is 5.33. The summed E-state index contributed by atoms with van der Waals surface area (Å²) in [7, 11) is 1.96. The molecular formula is C10H21NO. The smallest absolute Gasteiger partial charge is 0.0622 e. The molecule has 0 aromatic rings. The third-order valence-electron chi connectivity index (χ3n) is 1.97. The van der Waals surface area contributed by atoms with Gasteiger partial charge >= 0.3 is 0 Å². The lowest BCUT2D eigenvalue weighted by Crippen LogP contribution is -2.30. The molecule has 0 aromatic heterocycles. The predicted molar refractivity (Wildman–Crippen MR) is 53.4 cm³/mol. The number of nitrogens with one attached hydrogen (secondary N) is 1. The van der Waals surface area contributed by atoms with Crippen molar-refractivity contribution in [1.82, 2.24) is 5.32 Å². The Hall–Kier alpha value is -0.340. The van der Waals surface area contributed by atoms with Crippen LogP contribution in [0.4, 0.5) is 0 Å². The van der Waals surface area contributed by atoms with Crippen molar-refractivity contribution in [3.05, 3.63) is 12.2 Å². The lowest BCUT2D eigenvalue weighted by atomic mass is 10.1. The highest BCUT2D eigenvalue weighted by molar-refractivity contribution is 4.96. The molecule has 1 unspecified atom stereocenters. The second kappa shape index (κ2) is 7.32. The van der Waals surface area contributed by atoms with Crippen LogP contribution in [0, 0.1) is 0 Å². The van der Waals surface area contributed by atoms with Gasteiger partial charge in [-0.3, -0.25) is 0 Å². The quantitative estimate of drug-likeness (QED) is 0.591. The molecule has 0 radical (unpaired) electrons. The highest BCUT2D eigenvalue weighted by Crippen LogP contribution is 2.06. The van der Waals surface area contributed by atoms with Crippen molar-refractivity contribution in [2.45, 2.75) is 32.7 Å². The molecule has 1 N–H and O–H groups in total. The summed E-state index contributed by atoms with van der Waals surface area (Å²) in [5, 5.41) is 3.22. The Kier molecular flexibility index (Phi) is 7.11. The van der Waals surface area contributed by atoms with Crippen molar-refractivity contribution in [2.24, 2.45) is 0 Å². The van der Waals surface area contributed by atoms with E-state index in [1.165, 1.54) is 5.57 Å². The fourth-order valence-electron chi connectivity index (χ4n) is 0.997. The number of likely N-dealkylation sites (N-methyl/N-ethyl adjacent to an activating group) is 1. The van der Waals surface area contributed by atoms with Gasteiger partial charge in [-0.25, -0.2) is 0 Å². The van der Waals surface area contributed by atoms with Crippen molar-refractivity contribution in [3.63, 3.8) is 0 Å². The standard InChI is InChI=1S/C10H21NO/c1-5-9(3)7-10(11-4)8-12-6-2/h10-11H,3,5-8H2,1-2,4H3. The van der Waals surface area contributed by atoms with Crippen molar-refractivity contribution in [1.29, 1.82) is 0 Å². The first-order valence-electron chi connectivity index (χ1n) is 4.66. The van der Waals surface area contributed by atoms with Crippen molar-refractivity contribution in [3.8, 4) is 0 Å². The second-order valence-electron chi connectivity index (χ2n) is 2.95. The van der Waals surface area contributed by atoms with Crippen LogP contribution in [0.2, 0.25) is 0 Å². The zero-order chi connectivity index (χ0) is 9.40. The van der Waals surface area contributed by atoms with E-state index in [-0.39, 0.29) is 0 Å². The number of hydrogen-bond acceptors (Lipinski definition) is 2. The summed E-state index contributed by atoms with van der Waals surface area (Å²) in [6, 6.07) is 0.428. The van der Waals surface area contributed by atoms with E-state index in [9.17, 15) is 0 Å². The van der Waals surface area contributed by atoms with Gasteiger partial charge in [0.15, 0.2) is 0 Å². The molecule has 0 aromatic carbocycles. The minimum absolute atomic E-state index is 0.428. The molecule has 1 atom stereocenters. The molecule has 0 aliphatic carbocycles. The first-order chi connectivity index (χ1) is 5.74. The zero-order valence-corrected chi connectivity index (χ0v) is 8.52. The number of hydrogen-bond donors (Lipinski definition) is 1. The van der Waals surface area contributed by atoms with Crippen LogP contribution in [0.3, 0.4) is 0 Å². The average Bonchev–Trinajstić information content (AvgIpc) is 2.11. The van der Waals surface area contributed by atoms with Crippen LogP contribution < -0.4 is 5.32 Å². The van der Waals surface area contributed by atoms with Crippen molar-refractivity contribution < 1.29 is 4.74 Å². The summed E-state index contributed by atoms with van der Waals surface area (Å²) in [5.74, 6) is 0. The Labute approximate surface area is 76.0 Å². The first kappa shape index (κ1) is 11.7. The molecule has 0 saturated carbocycles. The molecule has 2 heteroatoms. The van der Waals surface area contributed by atoms with E-state index in [1.807, 2.05) is 14.0 Å². The van der Waals surface area contributed by atoms with Crippen LogP contribution in [0.1, 0.15) is 26.7 Å². The van der Waals surface area contributed by atoms with Crippen LogP contribution in [0.15, 0.2) is 12.2 Å². The molecule has 0 spiro atoms. The van der Waals surface area contributed by atoms with E-state index in [4.69, 9.17) is 4.74 Å². The molecule has 0 bridgehead atoms. The highest BCUT2D eigenvalue weighted by Gasteiger charge is 2.06. The van der Waals surface area contributed by atoms with Gasteiger partial charge < -0.3 is 10.1 Å². The van der Waals surface area contributed by atoms with Gasteiger partial charge in [-0.15, -0.1) is 0 Å². The normalized spacial score (nSPS) is 12.9. The minimum Gasteiger partial charge on any atom is -0.380 e. The van der Waals surface area contributed by atoms with E-state index in [2.05, 4.69) is 18.8 Å². The summed E-state index contributed by atoms with van der Waals surface area (Å²) in [4.78, 5) is 0. The van der Waals surface area contributed by atoms with Gasteiger partial charge in [-0.05, 0) is 26.8 Å². The van der Waals surface area contributed by atoms with Gasteiger partial charge in [0.05, 0.1) is 6.61 Å². The Bertz CT molecular complexity index is 123. The SMILES string of the molecule is C=C(CC)CC(COCC)NC. The Morgan fingerprint density at radius 2 is 2.17 bits per heavy atom. The first-order valence-corrected chi connectivity index (χ1v) is 4.66. The fourth-order valence-corrected chi connectivity index (χ4v) is 0.997. The van der Waals surface area contributed by atoms with Crippen LogP contribution in [-0.4, -0.2) is 26.3 Å². The molecule has 0 aliphatic heterocycles. The largest absolute Gasteiger partial charge is 0.380 e. The molecule has 0 saturated heterocycles. The van der Waals surface area contributed by atoms with Crippen LogP contribution in [0.5, 0.6) is 0 Å². The van der Waals surface area contributed by atoms with E-state index < -0.39 is 0 Å². The Balaban J connectivity index is 3.59. The minimum atomic E-state index is 0.428. The zero-order valence-electron chi connectivity index (χ0n) is 8.52. The lowest BCUT2D eigenvalue weighted by molar-refractivity contribution is 0.125. The third kappa shape index (κ3) is 5.33. The van der Waals surface area contributed by atoms with Crippen LogP contribution in [0.25, 0.3) is 0 Å². The topological polar surface area (TPSA) is 21.3 Å². The maximum atomic E-state index is 5.33. The van der Waals surface area contributed by atoms with E-state index in [0.717, 1.165) is 26.1 Å². The van der Waals surface area contributed by atoms with Gasteiger partial charge in [0.2, 0.25) is 0 Å². The summed E-state index contributed by atoms with van der Waals surface area (Å²) in [6.07, 6.45) is 2.08. The maximum Gasteiger partial charge on any atom is 0.0622 e. The second-order valence-corrected chi connectivity index (χ2v) is 2.95. The monoisotopic (exact) mass is 171 g/mol. The molecule has 2 nitrogen and oxygen atoms in total. The molecule has 72 valence electrons. The van der Waals surface area contributed by atoms with Gasteiger partial charge in [0, 0.05) is 12.6 Å². The van der Waals surface area contributed by atoms with Gasteiger partial charge in [-0.1, -0.05) is 19.1 Å². The van der Waals surface area contributed by atoms with Crippen LogP contribution >= 0.6 is 0 Å². The molecule has 12 heavy (non-hydrogen) atoms. The fraction of sp³-hybridized carbons (Fsp3) is 0.800. The molecule has 0 aliphatic rings. The summed E-state index contributed by atoms with van der Waals surface area (Å²) in [6.45, 7) is 9.70. The summed E-state index contributed by atoms with van der Waals surface area (Å²) >= 11 is 0. The maximum absolute atomic E-state index is 5.33. The highest BCUT2D eigenvalue weighted by atomic mass is 16.5. The van der Waals surface area contributed by atoms with Gasteiger partial charge in [0.1, 0.15) is 0 Å². The van der Waals surface area contributed by atoms with Crippen molar-refractivity contribution >= 4 is 0 Å². The van der Waals surface area contributed by atoms with Crippen LogP contribution in [-0.2, 0) is 4.74 Å². The van der Waals surface area contributed by atoms with E-state index in [0.29, 0.717) is 6.04 Å². The van der Waals surface area contributed by atoms with E-state index in [1.54, 1.807) is 0 Å². The molecule has 0 amide bonds. The Morgan fingerprint density at radius 3 is 2.58 bits per heavy atom. The number of ether oxygens (including phenoxy) is 1. The molecular weight excluding hydrogens is 150 g/mol. The number of rotatable bonds is 7. The molecule has 0 fully saturated rings. The predicted octanol–water partition coefficient (Wildman–Crippen LogP) is 1.97. The van der Waals surface area contributed by atoms with E-state index >= 15 is 0 Å². The third-order valence-corrected chi connectivity index (χ3v) is 1.97. The lowest BCUT2D eigenvalue weighted by Gasteiger charge is -2.16. The average molecular weight is 171 g/mol. The van der Waals surface area contributed by atoms with Gasteiger partial charge in [0.25, 0.3) is 0 Å². The summed E-state index contributed by atoms with van der Waals surface area (Å²) in [5.41, 5.74) is 1.29.